The van der Waals surface area contributed by atoms with Gasteiger partial charge in [0.25, 0.3) is 0 Å². The Labute approximate surface area is 105 Å². The molecule has 0 amide bonds. The summed E-state index contributed by atoms with van der Waals surface area (Å²) in [5.74, 6) is 0.646. The summed E-state index contributed by atoms with van der Waals surface area (Å²) in [5, 5.41) is 0. The molecule has 0 aliphatic heterocycles. The third-order valence-electron chi connectivity index (χ3n) is 4.05. The summed E-state index contributed by atoms with van der Waals surface area (Å²) in [7, 11) is 0. The van der Waals surface area contributed by atoms with Gasteiger partial charge >= 0.3 is 0 Å². The van der Waals surface area contributed by atoms with Crippen LogP contribution >= 0.6 is 0 Å². The Morgan fingerprint density at radius 1 is 1.22 bits per heavy atom. The van der Waals surface area contributed by atoms with E-state index in [0.29, 0.717) is 5.92 Å². The van der Waals surface area contributed by atoms with Crippen molar-refractivity contribution >= 4 is 16.8 Å². The molecular formula is C14H16N4. The van der Waals surface area contributed by atoms with Crippen LogP contribution in [0.15, 0.2) is 24.7 Å². The number of nitrogens with zero attached hydrogens (tertiary/aromatic N) is 3. The van der Waals surface area contributed by atoms with Gasteiger partial charge in [0, 0.05) is 18.3 Å². The minimum absolute atomic E-state index is 0.646. The summed E-state index contributed by atoms with van der Waals surface area (Å²) in [5.41, 5.74) is 4.24. The van der Waals surface area contributed by atoms with Gasteiger partial charge in [0.15, 0.2) is 11.3 Å². The molecule has 18 heavy (non-hydrogen) atoms. The molecule has 1 aliphatic carbocycles. The fourth-order valence-corrected chi connectivity index (χ4v) is 3.06. The minimum atomic E-state index is 0.646. The van der Waals surface area contributed by atoms with Crippen molar-refractivity contribution in [1.29, 1.82) is 0 Å². The van der Waals surface area contributed by atoms with Crippen LogP contribution in [-0.4, -0.2) is 19.4 Å². The molecule has 1 aliphatic rings. The average molecular weight is 240 g/mol. The minimum Gasteiger partial charge on any atom is -0.345 e. The highest BCUT2D eigenvalue weighted by Gasteiger charge is 2.18. The van der Waals surface area contributed by atoms with Crippen molar-refractivity contribution < 1.29 is 0 Å². The summed E-state index contributed by atoms with van der Waals surface area (Å²) in [6.45, 7) is 0. The molecule has 1 N–H and O–H groups in total. The van der Waals surface area contributed by atoms with Gasteiger partial charge < -0.3 is 4.98 Å². The van der Waals surface area contributed by atoms with Crippen molar-refractivity contribution in [3.05, 3.63) is 30.4 Å². The van der Waals surface area contributed by atoms with Crippen molar-refractivity contribution in [3.8, 4) is 0 Å². The zero-order valence-electron chi connectivity index (χ0n) is 10.3. The predicted molar refractivity (Wildman–Crippen MR) is 70.7 cm³/mol. The molecule has 0 atom stereocenters. The summed E-state index contributed by atoms with van der Waals surface area (Å²) < 4.78 is 2.16. The molecule has 0 unspecified atom stereocenters. The van der Waals surface area contributed by atoms with E-state index in [1.165, 1.54) is 37.8 Å². The molecule has 0 aromatic carbocycles. The number of hydrogen-bond acceptors (Lipinski definition) is 2. The lowest BCUT2D eigenvalue weighted by Gasteiger charge is -2.19. The molecule has 4 rings (SSSR count). The monoisotopic (exact) mass is 240 g/mol. The van der Waals surface area contributed by atoms with Crippen molar-refractivity contribution in [1.82, 2.24) is 19.4 Å². The topological polar surface area (TPSA) is 46.0 Å². The number of H-pyrrole nitrogens is 1. The van der Waals surface area contributed by atoms with Crippen LogP contribution in [0.2, 0.25) is 0 Å². The first-order valence-electron chi connectivity index (χ1n) is 6.73. The second-order valence-corrected chi connectivity index (χ2v) is 5.20. The molecule has 0 spiro atoms. The molecule has 0 saturated heterocycles. The third-order valence-corrected chi connectivity index (χ3v) is 4.05. The summed E-state index contributed by atoms with van der Waals surface area (Å²) in [4.78, 5) is 12.3. The summed E-state index contributed by atoms with van der Waals surface area (Å²) >= 11 is 0. The molecular weight excluding hydrogens is 224 g/mol. The van der Waals surface area contributed by atoms with Crippen LogP contribution in [0.25, 0.3) is 16.8 Å². The van der Waals surface area contributed by atoms with Crippen LogP contribution in [-0.2, 0) is 0 Å². The quantitative estimate of drug-likeness (QED) is 0.709. The van der Waals surface area contributed by atoms with E-state index in [2.05, 4.69) is 26.6 Å². The van der Waals surface area contributed by atoms with Crippen LogP contribution in [0.1, 0.15) is 43.7 Å². The van der Waals surface area contributed by atoms with E-state index in [1.54, 1.807) is 0 Å². The highest BCUT2D eigenvalue weighted by molar-refractivity contribution is 5.74. The average Bonchev–Trinajstić information content (AvgIpc) is 3.05. The smallest absolute Gasteiger partial charge is 0.156 e. The number of rotatable bonds is 1. The first-order chi connectivity index (χ1) is 8.92. The van der Waals surface area contributed by atoms with Gasteiger partial charge in [-0.25, -0.2) is 9.97 Å². The fourth-order valence-electron chi connectivity index (χ4n) is 3.06. The van der Waals surface area contributed by atoms with E-state index < -0.39 is 0 Å². The van der Waals surface area contributed by atoms with Gasteiger partial charge in [0.2, 0.25) is 0 Å². The first kappa shape index (κ1) is 10.1. The molecule has 0 bridgehead atoms. The van der Waals surface area contributed by atoms with Gasteiger partial charge in [-0.3, -0.25) is 4.40 Å². The second-order valence-electron chi connectivity index (χ2n) is 5.20. The fraction of sp³-hybridized carbons (Fsp3) is 0.429. The van der Waals surface area contributed by atoms with E-state index >= 15 is 0 Å². The lowest BCUT2D eigenvalue weighted by molar-refractivity contribution is 0.438. The normalized spacial score (nSPS) is 17.8. The molecule has 3 aromatic rings. The summed E-state index contributed by atoms with van der Waals surface area (Å²) in [6, 6.07) is 2.06. The first-order valence-corrected chi connectivity index (χ1v) is 6.73. The lowest BCUT2D eigenvalue weighted by atomic mass is 9.87. The molecule has 4 nitrogen and oxygen atoms in total. The Bertz CT molecular complexity index is 688. The van der Waals surface area contributed by atoms with Crippen LogP contribution in [0, 0.1) is 0 Å². The highest BCUT2D eigenvalue weighted by atomic mass is 15.1. The van der Waals surface area contributed by atoms with Gasteiger partial charge in [0.05, 0.1) is 17.4 Å². The number of aromatic amines is 1. The Hall–Kier alpha value is -1.84. The molecule has 92 valence electrons. The van der Waals surface area contributed by atoms with Gasteiger partial charge in [0.1, 0.15) is 0 Å². The maximum atomic E-state index is 4.75. The zero-order chi connectivity index (χ0) is 11.9. The number of imidazole rings is 1. The standard InChI is InChI=1S/C14H16N4/c1-2-4-10(5-3-1)11-9-18-12-6-7-15-14(12)16-8-13(18)17-11/h6-10,15H,1-5H2. The van der Waals surface area contributed by atoms with E-state index in [0.717, 1.165) is 16.8 Å². The molecule has 1 saturated carbocycles. The van der Waals surface area contributed by atoms with Crippen molar-refractivity contribution in [2.75, 3.05) is 0 Å². The van der Waals surface area contributed by atoms with Crippen LogP contribution < -0.4 is 0 Å². The number of aromatic nitrogens is 4. The molecule has 1 fully saturated rings. The molecule has 0 radical (unpaired) electrons. The van der Waals surface area contributed by atoms with Crippen molar-refractivity contribution in [2.24, 2.45) is 0 Å². The van der Waals surface area contributed by atoms with Crippen LogP contribution in [0.5, 0.6) is 0 Å². The summed E-state index contributed by atoms with van der Waals surface area (Å²) in [6.07, 6.45) is 12.6. The Morgan fingerprint density at radius 2 is 2.11 bits per heavy atom. The van der Waals surface area contributed by atoms with Gasteiger partial charge in [-0.1, -0.05) is 19.3 Å². The second kappa shape index (κ2) is 3.83. The maximum Gasteiger partial charge on any atom is 0.156 e. The van der Waals surface area contributed by atoms with Crippen LogP contribution in [0.4, 0.5) is 0 Å². The van der Waals surface area contributed by atoms with E-state index in [1.807, 2.05) is 12.4 Å². The van der Waals surface area contributed by atoms with Crippen molar-refractivity contribution in [3.63, 3.8) is 0 Å². The third kappa shape index (κ3) is 1.45. The van der Waals surface area contributed by atoms with E-state index in [4.69, 9.17) is 4.98 Å². The zero-order valence-corrected chi connectivity index (χ0v) is 10.3. The van der Waals surface area contributed by atoms with Gasteiger partial charge in [-0.15, -0.1) is 0 Å². The predicted octanol–water partition coefficient (Wildman–Crippen LogP) is 3.26. The Morgan fingerprint density at radius 3 is 3.00 bits per heavy atom. The molecule has 3 aromatic heterocycles. The number of hydrogen-bond donors (Lipinski definition) is 1. The molecule has 4 heteroatoms. The number of fused-ring (bicyclic) bond motifs is 3. The Kier molecular flexibility index (Phi) is 2.15. The largest absolute Gasteiger partial charge is 0.345 e. The van der Waals surface area contributed by atoms with Gasteiger partial charge in [-0.05, 0) is 18.9 Å². The van der Waals surface area contributed by atoms with Crippen LogP contribution in [0.3, 0.4) is 0 Å². The number of nitrogens with one attached hydrogen (secondary N) is 1. The van der Waals surface area contributed by atoms with E-state index in [-0.39, 0.29) is 0 Å². The Balaban J connectivity index is 1.87. The SMILES string of the molecule is c1cc2c(ncc3nc(C4CCCCC4)cn32)[nH]1. The van der Waals surface area contributed by atoms with E-state index in [9.17, 15) is 0 Å². The lowest BCUT2D eigenvalue weighted by Crippen LogP contribution is -2.04. The highest BCUT2D eigenvalue weighted by Crippen LogP contribution is 2.32. The van der Waals surface area contributed by atoms with Gasteiger partial charge in [-0.2, -0.15) is 0 Å². The molecule has 3 heterocycles. The van der Waals surface area contributed by atoms with Crippen molar-refractivity contribution in [2.45, 2.75) is 38.0 Å². The maximum absolute atomic E-state index is 4.75.